The molecule has 1 N–H and O–H groups in total. The van der Waals surface area contributed by atoms with Crippen LogP contribution in [0.4, 0.5) is 4.39 Å². The second-order valence-corrected chi connectivity index (χ2v) is 5.12. The number of halogens is 1. The van der Waals surface area contributed by atoms with Gasteiger partial charge in [-0.2, -0.15) is 0 Å². The third-order valence-corrected chi connectivity index (χ3v) is 3.50. The van der Waals surface area contributed by atoms with Gasteiger partial charge in [-0.05, 0) is 30.5 Å². The fourth-order valence-corrected chi connectivity index (χ4v) is 2.44. The second-order valence-electron chi connectivity index (χ2n) is 5.12. The molecule has 1 fully saturated rings. The standard InChI is InChI=1S/C15H20FNO3/c16-13-3-1-2-12(10-13)11-17-7-4-14(5-8-17)20-9-6-15(18)19/h1-3,10,14H,4-9,11H2,(H,18,19). The SMILES string of the molecule is O=C(O)CCOC1CCN(Cc2cccc(F)c2)CC1. The monoisotopic (exact) mass is 281 g/mol. The quantitative estimate of drug-likeness (QED) is 0.869. The minimum atomic E-state index is -0.825. The Morgan fingerprint density at radius 1 is 1.40 bits per heavy atom. The van der Waals surface area contributed by atoms with Gasteiger partial charge in [0.25, 0.3) is 0 Å². The first-order valence-corrected chi connectivity index (χ1v) is 6.93. The molecular weight excluding hydrogens is 261 g/mol. The predicted molar refractivity (Wildman–Crippen MR) is 72.9 cm³/mol. The summed E-state index contributed by atoms with van der Waals surface area (Å²) in [5, 5.41) is 8.55. The summed E-state index contributed by atoms with van der Waals surface area (Å²) in [5.74, 6) is -1.03. The Hall–Kier alpha value is -1.46. The summed E-state index contributed by atoms with van der Waals surface area (Å²) in [6.45, 7) is 2.83. The summed E-state index contributed by atoms with van der Waals surface area (Å²) < 4.78 is 18.6. The highest BCUT2D eigenvalue weighted by Crippen LogP contribution is 2.16. The number of ether oxygens (including phenoxy) is 1. The summed E-state index contributed by atoms with van der Waals surface area (Å²) in [6.07, 6.45) is 2.01. The molecule has 0 unspecified atom stereocenters. The maximum Gasteiger partial charge on any atom is 0.305 e. The Morgan fingerprint density at radius 3 is 2.80 bits per heavy atom. The number of benzene rings is 1. The van der Waals surface area contributed by atoms with Crippen molar-refractivity contribution in [2.45, 2.75) is 31.9 Å². The van der Waals surface area contributed by atoms with Crippen LogP contribution in [0, 0.1) is 5.82 Å². The van der Waals surface area contributed by atoms with E-state index in [1.807, 2.05) is 6.07 Å². The summed E-state index contributed by atoms with van der Waals surface area (Å²) in [5.41, 5.74) is 0.982. The van der Waals surface area contributed by atoms with E-state index in [0.29, 0.717) is 0 Å². The zero-order valence-corrected chi connectivity index (χ0v) is 11.4. The van der Waals surface area contributed by atoms with Crippen molar-refractivity contribution >= 4 is 5.97 Å². The van der Waals surface area contributed by atoms with Gasteiger partial charge >= 0.3 is 5.97 Å². The van der Waals surface area contributed by atoms with E-state index >= 15 is 0 Å². The number of carboxylic acids is 1. The zero-order valence-electron chi connectivity index (χ0n) is 11.4. The van der Waals surface area contributed by atoms with E-state index in [2.05, 4.69) is 4.90 Å². The molecule has 0 aromatic heterocycles. The molecule has 0 atom stereocenters. The third-order valence-electron chi connectivity index (χ3n) is 3.50. The number of hydrogen-bond donors (Lipinski definition) is 1. The van der Waals surface area contributed by atoms with E-state index in [1.165, 1.54) is 6.07 Å². The Labute approximate surface area is 118 Å². The molecule has 0 saturated carbocycles. The van der Waals surface area contributed by atoms with Crippen molar-refractivity contribution in [3.63, 3.8) is 0 Å². The molecule has 1 aromatic carbocycles. The van der Waals surface area contributed by atoms with Gasteiger partial charge < -0.3 is 9.84 Å². The van der Waals surface area contributed by atoms with Gasteiger partial charge in [-0.1, -0.05) is 12.1 Å². The maximum absolute atomic E-state index is 13.1. The molecule has 5 heteroatoms. The van der Waals surface area contributed by atoms with Gasteiger partial charge in [0.05, 0.1) is 19.1 Å². The van der Waals surface area contributed by atoms with E-state index in [-0.39, 0.29) is 24.9 Å². The van der Waals surface area contributed by atoms with Gasteiger partial charge in [0.1, 0.15) is 5.82 Å². The molecular formula is C15H20FNO3. The molecule has 20 heavy (non-hydrogen) atoms. The highest BCUT2D eigenvalue weighted by atomic mass is 19.1. The smallest absolute Gasteiger partial charge is 0.305 e. The van der Waals surface area contributed by atoms with Crippen LogP contribution in [0.1, 0.15) is 24.8 Å². The van der Waals surface area contributed by atoms with Crippen LogP contribution in [0.5, 0.6) is 0 Å². The van der Waals surface area contributed by atoms with Crippen LogP contribution in [-0.2, 0) is 16.1 Å². The molecule has 1 heterocycles. The van der Waals surface area contributed by atoms with Gasteiger partial charge in [-0.15, -0.1) is 0 Å². The van der Waals surface area contributed by atoms with Gasteiger partial charge in [0, 0.05) is 19.6 Å². The molecule has 2 rings (SSSR count). The minimum absolute atomic E-state index is 0.0590. The molecule has 1 aliphatic heterocycles. The number of nitrogens with zero attached hydrogens (tertiary/aromatic N) is 1. The fourth-order valence-electron chi connectivity index (χ4n) is 2.44. The van der Waals surface area contributed by atoms with Crippen LogP contribution in [0.15, 0.2) is 24.3 Å². The number of likely N-dealkylation sites (tertiary alicyclic amines) is 1. The van der Waals surface area contributed by atoms with Crippen LogP contribution in [0.2, 0.25) is 0 Å². The average molecular weight is 281 g/mol. The van der Waals surface area contributed by atoms with E-state index < -0.39 is 5.97 Å². The van der Waals surface area contributed by atoms with Gasteiger partial charge in [0.15, 0.2) is 0 Å². The molecule has 4 nitrogen and oxygen atoms in total. The van der Waals surface area contributed by atoms with E-state index in [4.69, 9.17) is 9.84 Å². The van der Waals surface area contributed by atoms with Crippen LogP contribution in [0.3, 0.4) is 0 Å². The Morgan fingerprint density at radius 2 is 2.15 bits per heavy atom. The first-order chi connectivity index (χ1) is 9.63. The van der Waals surface area contributed by atoms with Crippen LogP contribution < -0.4 is 0 Å². The fraction of sp³-hybridized carbons (Fsp3) is 0.533. The maximum atomic E-state index is 13.1. The van der Waals surface area contributed by atoms with Crippen molar-refractivity contribution in [3.8, 4) is 0 Å². The zero-order chi connectivity index (χ0) is 14.4. The molecule has 0 radical (unpaired) electrons. The number of hydrogen-bond acceptors (Lipinski definition) is 3. The Bertz CT molecular complexity index is 444. The van der Waals surface area contributed by atoms with Crippen molar-refractivity contribution in [2.75, 3.05) is 19.7 Å². The van der Waals surface area contributed by atoms with Crippen molar-refractivity contribution in [1.82, 2.24) is 4.90 Å². The summed E-state index contributed by atoms with van der Waals surface area (Å²) in [7, 11) is 0. The number of piperidine rings is 1. The van der Waals surface area contributed by atoms with E-state index in [9.17, 15) is 9.18 Å². The third kappa shape index (κ3) is 4.90. The number of rotatable bonds is 6. The van der Waals surface area contributed by atoms with Crippen molar-refractivity contribution in [3.05, 3.63) is 35.6 Å². The lowest BCUT2D eigenvalue weighted by atomic mass is 10.1. The predicted octanol–water partition coefficient (Wildman–Crippen LogP) is 2.28. The highest BCUT2D eigenvalue weighted by Gasteiger charge is 2.19. The second kappa shape index (κ2) is 7.36. The number of carbonyl (C=O) groups is 1. The molecule has 110 valence electrons. The number of aliphatic carboxylic acids is 1. The van der Waals surface area contributed by atoms with Gasteiger partial charge in [-0.3, -0.25) is 9.69 Å². The first-order valence-electron chi connectivity index (χ1n) is 6.93. The topological polar surface area (TPSA) is 49.8 Å². The minimum Gasteiger partial charge on any atom is -0.481 e. The molecule has 0 amide bonds. The normalized spacial score (nSPS) is 17.2. The lowest BCUT2D eigenvalue weighted by Gasteiger charge is -2.31. The molecule has 1 aromatic rings. The van der Waals surface area contributed by atoms with E-state index in [0.717, 1.165) is 38.0 Å². The lowest BCUT2D eigenvalue weighted by Crippen LogP contribution is -2.36. The largest absolute Gasteiger partial charge is 0.481 e. The molecule has 0 spiro atoms. The Balaban J connectivity index is 1.70. The Kier molecular flexibility index (Phi) is 5.49. The van der Waals surface area contributed by atoms with Crippen molar-refractivity contribution in [1.29, 1.82) is 0 Å². The van der Waals surface area contributed by atoms with Crippen LogP contribution in [0.25, 0.3) is 0 Å². The van der Waals surface area contributed by atoms with Crippen molar-refractivity contribution < 1.29 is 19.0 Å². The molecule has 1 aliphatic rings. The van der Waals surface area contributed by atoms with Gasteiger partial charge in [-0.25, -0.2) is 4.39 Å². The van der Waals surface area contributed by atoms with E-state index in [1.54, 1.807) is 12.1 Å². The van der Waals surface area contributed by atoms with Crippen LogP contribution >= 0.6 is 0 Å². The van der Waals surface area contributed by atoms with Crippen molar-refractivity contribution in [2.24, 2.45) is 0 Å². The first kappa shape index (κ1) is 14.9. The van der Waals surface area contributed by atoms with Crippen LogP contribution in [-0.4, -0.2) is 41.8 Å². The summed E-state index contributed by atoms with van der Waals surface area (Å²) >= 11 is 0. The number of carboxylic acid groups (broad SMARTS) is 1. The van der Waals surface area contributed by atoms with Gasteiger partial charge in [0.2, 0.25) is 0 Å². The summed E-state index contributed by atoms with van der Waals surface area (Å²) in [6, 6.07) is 6.67. The average Bonchev–Trinajstić information content (AvgIpc) is 2.40. The molecule has 0 aliphatic carbocycles. The molecule has 1 saturated heterocycles. The summed E-state index contributed by atoms with van der Waals surface area (Å²) in [4.78, 5) is 12.7. The molecule has 0 bridgehead atoms. The highest BCUT2D eigenvalue weighted by molar-refractivity contribution is 5.66. The lowest BCUT2D eigenvalue weighted by molar-refractivity contribution is -0.138.